The van der Waals surface area contributed by atoms with Crippen molar-refractivity contribution in [2.75, 3.05) is 0 Å². The van der Waals surface area contributed by atoms with Gasteiger partial charge in [0.15, 0.2) is 0 Å². The molecular weight excluding hydrogens is 224 g/mol. The molecule has 90 valence electrons. The minimum atomic E-state index is -1.33. The Morgan fingerprint density at radius 3 is 2.71 bits per heavy atom. The summed E-state index contributed by atoms with van der Waals surface area (Å²) in [5, 5.41) is 23.1. The number of rotatable bonds is 4. The van der Waals surface area contributed by atoms with E-state index in [9.17, 15) is 14.7 Å². The number of amides is 1. The quantitative estimate of drug-likeness (QED) is 0.509. The predicted molar refractivity (Wildman–Crippen MR) is 58.2 cm³/mol. The van der Waals surface area contributed by atoms with Gasteiger partial charge in [0.1, 0.15) is 6.10 Å². The molecule has 1 rings (SSSR count). The van der Waals surface area contributed by atoms with Crippen molar-refractivity contribution in [2.24, 2.45) is 5.10 Å². The number of carboxylic acid groups (broad SMARTS) is 1. The van der Waals surface area contributed by atoms with Crippen LogP contribution in [0, 0.1) is 0 Å². The molecule has 6 heteroatoms. The van der Waals surface area contributed by atoms with E-state index >= 15 is 0 Å². The maximum atomic E-state index is 10.9. The number of hydrazone groups is 1. The van der Waals surface area contributed by atoms with Crippen LogP contribution in [0.5, 0.6) is 0 Å². The van der Waals surface area contributed by atoms with Crippen molar-refractivity contribution >= 4 is 18.1 Å². The molecule has 6 nitrogen and oxygen atoms in total. The Kier molecular flexibility index (Phi) is 4.36. The van der Waals surface area contributed by atoms with Crippen LogP contribution in [0.15, 0.2) is 29.4 Å². The van der Waals surface area contributed by atoms with Gasteiger partial charge in [-0.1, -0.05) is 24.3 Å². The number of aromatic carboxylic acids is 1. The van der Waals surface area contributed by atoms with Crippen LogP contribution in [0.25, 0.3) is 0 Å². The van der Waals surface area contributed by atoms with Gasteiger partial charge in [0, 0.05) is 11.1 Å². The number of hydrogen-bond donors (Lipinski definition) is 2. The summed E-state index contributed by atoms with van der Waals surface area (Å²) in [5.74, 6) is -2.00. The normalized spacial score (nSPS) is 12.4. The number of aliphatic hydroxyl groups is 1. The van der Waals surface area contributed by atoms with Crippen molar-refractivity contribution in [3.8, 4) is 0 Å². The number of carbonyl (C=O) groups excluding carboxylic acids is 2. The molecule has 0 bridgehead atoms. The van der Waals surface area contributed by atoms with Crippen LogP contribution >= 0.6 is 0 Å². The van der Waals surface area contributed by atoms with Crippen LogP contribution in [0.3, 0.4) is 0 Å². The Morgan fingerprint density at radius 1 is 1.47 bits per heavy atom. The Bertz CT molecular complexity index is 455. The molecule has 1 aromatic carbocycles. The number of nitrogens with zero attached hydrogens (tertiary/aromatic N) is 1. The van der Waals surface area contributed by atoms with E-state index in [4.69, 9.17) is 5.11 Å². The summed E-state index contributed by atoms with van der Waals surface area (Å²) < 4.78 is 0. The summed E-state index contributed by atoms with van der Waals surface area (Å²) in [6, 6.07) is 6.07. The summed E-state index contributed by atoms with van der Waals surface area (Å²) >= 11 is 0. The van der Waals surface area contributed by atoms with Crippen molar-refractivity contribution in [1.29, 1.82) is 0 Å². The second kappa shape index (κ2) is 5.76. The molecule has 0 saturated carbocycles. The van der Waals surface area contributed by atoms with E-state index < -0.39 is 18.0 Å². The van der Waals surface area contributed by atoms with Gasteiger partial charge in [0.05, 0.1) is 12.2 Å². The van der Waals surface area contributed by atoms with E-state index in [-0.39, 0.29) is 5.56 Å². The minimum Gasteiger partial charge on any atom is -0.545 e. The predicted octanol–water partition coefficient (Wildman–Crippen LogP) is -1.12. The molecule has 0 aliphatic rings. The molecular formula is C11H11N2O4-. The number of carbonyl (C=O) groups is 2. The number of benzene rings is 1. The molecule has 1 amide bonds. The molecule has 0 spiro atoms. The summed E-state index contributed by atoms with van der Waals surface area (Å²) in [4.78, 5) is 21.7. The highest BCUT2D eigenvalue weighted by atomic mass is 16.4. The topological polar surface area (TPSA) is 102 Å². The molecule has 0 heterocycles. The lowest BCUT2D eigenvalue weighted by Crippen LogP contribution is -2.29. The zero-order valence-electron chi connectivity index (χ0n) is 9.08. The van der Waals surface area contributed by atoms with Gasteiger partial charge in [0.25, 0.3) is 5.91 Å². The molecule has 0 saturated heterocycles. The minimum absolute atomic E-state index is 0.0254. The van der Waals surface area contributed by atoms with Crippen LogP contribution in [-0.4, -0.2) is 29.3 Å². The molecule has 0 fully saturated rings. The van der Waals surface area contributed by atoms with Gasteiger partial charge in [-0.3, -0.25) is 4.79 Å². The highest BCUT2D eigenvalue weighted by molar-refractivity contribution is 5.97. The first-order chi connectivity index (χ1) is 8.02. The molecule has 0 unspecified atom stereocenters. The Balaban J connectivity index is 2.78. The van der Waals surface area contributed by atoms with Crippen molar-refractivity contribution in [1.82, 2.24) is 5.43 Å². The van der Waals surface area contributed by atoms with Crippen molar-refractivity contribution < 1.29 is 19.8 Å². The molecule has 0 aliphatic heterocycles. The van der Waals surface area contributed by atoms with E-state index in [1.807, 2.05) is 0 Å². The van der Waals surface area contributed by atoms with E-state index in [2.05, 4.69) is 10.5 Å². The SMILES string of the molecule is C[C@@H](O)C(=O)N/N=C\c1ccccc1C(=O)[O-]. The number of aliphatic hydroxyl groups excluding tert-OH is 1. The maximum absolute atomic E-state index is 10.9. The van der Waals surface area contributed by atoms with E-state index in [1.54, 1.807) is 12.1 Å². The lowest BCUT2D eigenvalue weighted by atomic mass is 10.1. The average Bonchev–Trinajstić information content (AvgIpc) is 2.29. The fourth-order valence-electron chi connectivity index (χ4n) is 1.05. The van der Waals surface area contributed by atoms with Crippen LogP contribution in [-0.2, 0) is 4.79 Å². The lowest BCUT2D eigenvalue weighted by molar-refractivity contribution is -0.255. The lowest BCUT2D eigenvalue weighted by Gasteiger charge is -2.06. The van der Waals surface area contributed by atoms with Crippen LogP contribution in [0.1, 0.15) is 22.8 Å². The average molecular weight is 235 g/mol. The van der Waals surface area contributed by atoms with Crippen molar-refractivity contribution in [2.45, 2.75) is 13.0 Å². The van der Waals surface area contributed by atoms with Gasteiger partial charge in [-0.05, 0) is 6.92 Å². The molecule has 2 N–H and O–H groups in total. The Morgan fingerprint density at radius 2 is 2.12 bits per heavy atom. The third-order valence-corrected chi connectivity index (χ3v) is 1.94. The molecule has 17 heavy (non-hydrogen) atoms. The van der Waals surface area contributed by atoms with Gasteiger partial charge in [-0.2, -0.15) is 5.10 Å². The molecule has 1 aromatic rings. The zero-order chi connectivity index (χ0) is 12.8. The third-order valence-electron chi connectivity index (χ3n) is 1.94. The van der Waals surface area contributed by atoms with Crippen LogP contribution < -0.4 is 10.5 Å². The fourth-order valence-corrected chi connectivity index (χ4v) is 1.05. The van der Waals surface area contributed by atoms with Gasteiger partial charge >= 0.3 is 0 Å². The molecule has 0 aromatic heterocycles. The Hall–Kier alpha value is -2.21. The highest BCUT2D eigenvalue weighted by Gasteiger charge is 2.06. The standard InChI is InChI=1S/C11H12N2O4/c1-7(14)10(15)13-12-6-8-4-2-3-5-9(8)11(16)17/h2-7,14H,1H3,(H,13,15)(H,16,17)/p-1/b12-6-/t7-/m1/s1. The molecule has 0 radical (unpaired) electrons. The second-order valence-corrected chi connectivity index (χ2v) is 3.28. The van der Waals surface area contributed by atoms with Gasteiger partial charge in [-0.25, -0.2) is 5.43 Å². The monoisotopic (exact) mass is 235 g/mol. The van der Waals surface area contributed by atoms with Gasteiger partial charge in [-0.15, -0.1) is 0 Å². The van der Waals surface area contributed by atoms with Crippen LogP contribution in [0.4, 0.5) is 0 Å². The van der Waals surface area contributed by atoms with Crippen LogP contribution in [0.2, 0.25) is 0 Å². The third kappa shape index (κ3) is 3.69. The van der Waals surface area contributed by atoms with E-state index in [1.165, 1.54) is 25.3 Å². The van der Waals surface area contributed by atoms with E-state index in [0.717, 1.165) is 0 Å². The van der Waals surface area contributed by atoms with Gasteiger partial charge in [0.2, 0.25) is 0 Å². The first-order valence-corrected chi connectivity index (χ1v) is 4.83. The summed E-state index contributed by atoms with van der Waals surface area (Å²) in [6.45, 7) is 1.29. The summed E-state index contributed by atoms with van der Waals surface area (Å²) in [6.07, 6.45) is -0.00525. The first-order valence-electron chi connectivity index (χ1n) is 4.83. The van der Waals surface area contributed by atoms with Crippen molar-refractivity contribution in [3.63, 3.8) is 0 Å². The number of carboxylic acids is 1. The zero-order valence-corrected chi connectivity index (χ0v) is 9.08. The maximum Gasteiger partial charge on any atom is 0.268 e. The largest absolute Gasteiger partial charge is 0.545 e. The molecule has 1 atom stereocenters. The van der Waals surface area contributed by atoms with Crippen molar-refractivity contribution in [3.05, 3.63) is 35.4 Å². The highest BCUT2D eigenvalue weighted by Crippen LogP contribution is 2.04. The first kappa shape index (κ1) is 12.9. The van der Waals surface area contributed by atoms with Gasteiger partial charge < -0.3 is 15.0 Å². The number of hydrogen-bond acceptors (Lipinski definition) is 5. The smallest absolute Gasteiger partial charge is 0.268 e. The summed E-state index contributed by atoms with van der Waals surface area (Å²) in [5.41, 5.74) is 2.34. The Labute approximate surface area is 97.6 Å². The fraction of sp³-hybridized carbons (Fsp3) is 0.182. The summed E-state index contributed by atoms with van der Waals surface area (Å²) in [7, 11) is 0. The van der Waals surface area contributed by atoms with E-state index in [0.29, 0.717) is 5.56 Å². The second-order valence-electron chi connectivity index (χ2n) is 3.28. The number of nitrogens with one attached hydrogen (secondary N) is 1. The molecule has 0 aliphatic carbocycles.